The molecule has 1 saturated heterocycles. The van der Waals surface area contributed by atoms with E-state index in [-0.39, 0.29) is 17.2 Å². The minimum Gasteiger partial charge on any atom is -0.338 e. The highest BCUT2D eigenvalue weighted by molar-refractivity contribution is 7.85. The predicted octanol–water partition coefficient (Wildman–Crippen LogP) is 4.53. The second kappa shape index (κ2) is 9.97. The van der Waals surface area contributed by atoms with E-state index in [1.165, 1.54) is 19.3 Å². The standard InChI is InChI=1S/C20H31NO2S/c1-3-5-7-11-14-18-19(16-20(22)21(18)15-6-4-2)24(23)17-12-9-8-10-13-17/h8-10,12-13,18-19H,3-7,11,14-16H2,1-2H3. The molecule has 0 N–H and O–H groups in total. The van der Waals surface area contributed by atoms with E-state index in [4.69, 9.17) is 0 Å². The van der Waals surface area contributed by atoms with Gasteiger partial charge < -0.3 is 4.90 Å². The number of rotatable bonds is 10. The summed E-state index contributed by atoms with van der Waals surface area (Å²) in [5.41, 5.74) is 0. The molecule has 1 aromatic carbocycles. The van der Waals surface area contributed by atoms with Gasteiger partial charge in [0.2, 0.25) is 5.91 Å². The van der Waals surface area contributed by atoms with E-state index in [1.807, 2.05) is 35.2 Å². The van der Waals surface area contributed by atoms with Gasteiger partial charge in [0.25, 0.3) is 0 Å². The van der Waals surface area contributed by atoms with Gasteiger partial charge in [-0.25, -0.2) is 0 Å². The molecular formula is C20H31NO2S. The lowest BCUT2D eigenvalue weighted by atomic mass is 10.0. The molecule has 3 nitrogen and oxygen atoms in total. The molecule has 1 aliphatic rings. The van der Waals surface area contributed by atoms with Gasteiger partial charge in [0.15, 0.2) is 0 Å². The Labute approximate surface area is 149 Å². The summed E-state index contributed by atoms with van der Waals surface area (Å²) >= 11 is 0. The van der Waals surface area contributed by atoms with Crippen molar-refractivity contribution in [2.24, 2.45) is 0 Å². The molecule has 0 bridgehead atoms. The second-order valence-corrected chi connectivity index (χ2v) is 8.38. The van der Waals surface area contributed by atoms with Crippen LogP contribution in [0.25, 0.3) is 0 Å². The molecule has 134 valence electrons. The van der Waals surface area contributed by atoms with Gasteiger partial charge in [0.05, 0.1) is 16.0 Å². The highest BCUT2D eigenvalue weighted by Gasteiger charge is 2.42. The van der Waals surface area contributed by atoms with Crippen LogP contribution in [0, 0.1) is 0 Å². The van der Waals surface area contributed by atoms with Crippen LogP contribution in [-0.4, -0.2) is 32.9 Å². The molecule has 1 amide bonds. The summed E-state index contributed by atoms with van der Waals surface area (Å²) in [5, 5.41) is -0.0571. The lowest BCUT2D eigenvalue weighted by molar-refractivity contribution is -0.129. The lowest BCUT2D eigenvalue weighted by Crippen LogP contribution is -2.39. The molecule has 3 unspecified atom stereocenters. The van der Waals surface area contributed by atoms with Crippen LogP contribution < -0.4 is 0 Å². The maximum atomic E-state index is 13.0. The summed E-state index contributed by atoms with van der Waals surface area (Å²) in [5.74, 6) is 0.193. The van der Waals surface area contributed by atoms with Gasteiger partial charge in [0, 0.05) is 23.9 Å². The fraction of sp³-hybridized carbons (Fsp3) is 0.650. The Kier molecular flexibility index (Phi) is 7.97. The van der Waals surface area contributed by atoms with Crippen molar-refractivity contribution in [1.82, 2.24) is 4.90 Å². The summed E-state index contributed by atoms with van der Waals surface area (Å²) < 4.78 is 13.0. The smallest absolute Gasteiger partial charge is 0.224 e. The number of benzene rings is 1. The quantitative estimate of drug-likeness (QED) is 0.582. The van der Waals surface area contributed by atoms with Crippen molar-refractivity contribution in [3.05, 3.63) is 30.3 Å². The first-order valence-corrected chi connectivity index (χ1v) is 10.6. The van der Waals surface area contributed by atoms with Gasteiger partial charge in [0.1, 0.15) is 0 Å². The van der Waals surface area contributed by atoms with Crippen molar-refractivity contribution in [1.29, 1.82) is 0 Å². The molecule has 0 aromatic heterocycles. The lowest BCUT2D eigenvalue weighted by Gasteiger charge is -2.28. The molecule has 4 heteroatoms. The van der Waals surface area contributed by atoms with E-state index in [1.54, 1.807) is 0 Å². The highest BCUT2D eigenvalue weighted by Crippen LogP contribution is 2.31. The Hall–Kier alpha value is -1.16. The Morgan fingerprint density at radius 3 is 2.42 bits per heavy atom. The van der Waals surface area contributed by atoms with Crippen LogP contribution >= 0.6 is 0 Å². The van der Waals surface area contributed by atoms with E-state index in [0.717, 1.165) is 37.1 Å². The number of carbonyl (C=O) groups is 1. The van der Waals surface area contributed by atoms with E-state index < -0.39 is 10.8 Å². The van der Waals surface area contributed by atoms with Crippen molar-refractivity contribution in [2.45, 2.75) is 81.4 Å². The zero-order valence-electron chi connectivity index (χ0n) is 15.1. The van der Waals surface area contributed by atoms with Crippen molar-refractivity contribution in [2.75, 3.05) is 6.54 Å². The zero-order chi connectivity index (χ0) is 17.4. The van der Waals surface area contributed by atoms with Crippen LogP contribution in [0.3, 0.4) is 0 Å². The van der Waals surface area contributed by atoms with Gasteiger partial charge in [-0.3, -0.25) is 9.00 Å². The second-order valence-electron chi connectivity index (χ2n) is 6.71. The number of hydrogen-bond acceptors (Lipinski definition) is 2. The third-order valence-electron chi connectivity index (χ3n) is 4.88. The molecule has 24 heavy (non-hydrogen) atoms. The van der Waals surface area contributed by atoms with Crippen LogP contribution in [-0.2, 0) is 15.6 Å². The largest absolute Gasteiger partial charge is 0.338 e. The molecular weight excluding hydrogens is 318 g/mol. The van der Waals surface area contributed by atoms with E-state index >= 15 is 0 Å². The highest BCUT2D eigenvalue weighted by atomic mass is 32.2. The SMILES string of the molecule is CCCCCCC1C(S(=O)c2ccccc2)CC(=O)N1CCCC. The first-order chi connectivity index (χ1) is 11.7. The summed E-state index contributed by atoms with van der Waals surface area (Å²) in [6.07, 6.45) is 8.30. The molecule has 1 aromatic rings. The number of amides is 1. The van der Waals surface area contributed by atoms with Crippen LogP contribution in [0.4, 0.5) is 0 Å². The Morgan fingerprint density at radius 2 is 1.75 bits per heavy atom. The summed E-state index contributed by atoms with van der Waals surface area (Å²) in [6.45, 7) is 5.17. The van der Waals surface area contributed by atoms with Crippen LogP contribution in [0.1, 0.15) is 65.2 Å². The van der Waals surface area contributed by atoms with Gasteiger partial charge >= 0.3 is 0 Å². The third kappa shape index (κ3) is 4.92. The van der Waals surface area contributed by atoms with Crippen LogP contribution in [0.5, 0.6) is 0 Å². The minimum absolute atomic E-state index is 0.0571. The predicted molar refractivity (Wildman–Crippen MR) is 100 cm³/mol. The van der Waals surface area contributed by atoms with Crippen molar-refractivity contribution in [3.8, 4) is 0 Å². The molecule has 0 saturated carbocycles. The number of carbonyl (C=O) groups excluding carboxylic acids is 1. The summed E-state index contributed by atoms with van der Waals surface area (Å²) in [7, 11) is -1.11. The Balaban J connectivity index is 2.11. The van der Waals surface area contributed by atoms with Crippen LogP contribution in [0.15, 0.2) is 35.2 Å². The number of hydrogen-bond donors (Lipinski definition) is 0. The van der Waals surface area contributed by atoms with Gasteiger partial charge in [-0.15, -0.1) is 0 Å². The average Bonchev–Trinajstić information content (AvgIpc) is 2.92. The summed E-state index contributed by atoms with van der Waals surface area (Å²) in [6, 6.07) is 9.77. The maximum Gasteiger partial charge on any atom is 0.224 e. The van der Waals surface area contributed by atoms with E-state index in [2.05, 4.69) is 13.8 Å². The normalized spacial score (nSPS) is 22.1. The van der Waals surface area contributed by atoms with Crippen molar-refractivity contribution in [3.63, 3.8) is 0 Å². The van der Waals surface area contributed by atoms with Crippen LogP contribution in [0.2, 0.25) is 0 Å². The van der Waals surface area contributed by atoms with E-state index in [9.17, 15) is 9.00 Å². The third-order valence-corrected chi connectivity index (χ3v) is 6.65. The molecule has 1 heterocycles. The molecule has 2 rings (SSSR count). The van der Waals surface area contributed by atoms with Gasteiger partial charge in [-0.05, 0) is 25.0 Å². The Bertz CT molecular complexity index is 532. The minimum atomic E-state index is -1.11. The van der Waals surface area contributed by atoms with E-state index in [0.29, 0.717) is 6.42 Å². The molecule has 3 atom stereocenters. The molecule has 1 fully saturated rings. The molecule has 0 aliphatic carbocycles. The fourth-order valence-electron chi connectivity index (χ4n) is 3.50. The first-order valence-electron chi connectivity index (χ1n) is 9.44. The van der Waals surface area contributed by atoms with Gasteiger partial charge in [-0.1, -0.05) is 64.2 Å². The van der Waals surface area contributed by atoms with Gasteiger partial charge in [-0.2, -0.15) is 0 Å². The fourth-order valence-corrected chi connectivity index (χ4v) is 5.14. The number of unbranched alkanes of at least 4 members (excludes halogenated alkanes) is 4. The number of likely N-dealkylation sites (tertiary alicyclic amines) is 1. The van der Waals surface area contributed by atoms with Crippen molar-refractivity contribution >= 4 is 16.7 Å². The Morgan fingerprint density at radius 1 is 1.04 bits per heavy atom. The topological polar surface area (TPSA) is 37.4 Å². The monoisotopic (exact) mass is 349 g/mol. The first kappa shape index (κ1) is 19.2. The molecule has 1 aliphatic heterocycles. The zero-order valence-corrected chi connectivity index (χ0v) is 15.9. The molecule has 0 radical (unpaired) electrons. The average molecular weight is 350 g/mol. The maximum absolute atomic E-state index is 13.0. The van der Waals surface area contributed by atoms with Crippen molar-refractivity contribution < 1.29 is 9.00 Å². The summed E-state index contributed by atoms with van der Waals surface area (Å²) in [4.78, 5) is 15.4. The number of nitrogens with zero attached hydrogens (tertiary/aromatic N) is 1. The molecule has 0 spiro atoms.